The Bertz CT molecular complexity index is 542. The molecule has 88 valence electrons. The Balaban J connectivity index is 2.04. The van der Waals surface area contributed by atoms with Crippen molar-refractivity contribution in [3.8, 4) is 5.75 Å². The summed E-state index contributed by atoms with van der Waals surface area (Å²) in [6.45, 7) is 0.0427. The molecular weight excluding hydrogens is 248 g/mol. The molecule has 6 heteroatoms. The zero-order chi connectivity index (χ0) is 12.3. The van der Waals surface area contributed by atoms with Crippen molar-refractivity contribution in [1.29, 1.82) is 0 Å². The van der Waals surface area contributed by atoms with Crippen LogP contribution in [0.2, 0.25) is 0 Å². The Hall–Kier alpha value is -1.82. The standard InChI is InChI=1S/C11H7F2NO2S/c12-7-1-2-10(9(13)3-7)16-6-11-14-4-8(5-15)17-11/h1-5H,6H2. The molecule has 2 aromatic rings. The van der Waals surface area contributed by atoms with Crippen LogP contribution in [0.3, 0.4) is 0 Å². The predicted octanol–water partition coefficient (Wildman–Crippen LogP) is 2.81. The van der Waals surface area contributed by atoms with Crippen molar-refractivity contribution >= 4 is 17.6 Å². The first-order valence-corrected chi connectivity index (χ1v) is 5.48. The number of hydrogen-bond donors (Lipinski definition) is 0. The van der Waals surface area contributed by atoms with Crippen molar-refractivity contribution < 1.29 is 18.3 Å². The number of rotatable bonds is 4. The smallest absolute Gasteiger partial charge is 0.167 e. The van der Waals surface area contributed by atoms with Gasteiger partial charge in [0.05, 0.1) is 4.88 Å². The van der Waals surface area contributed by atoms with Gasteiger partial charge in [-0.3, -0.25) is 4.79 Å². The van der Waals surface area contributed by atoms with Gasteiger partial charge in [-0.25, -0.2) is 13.8 Å². The number of aromatic nitrogens is 1. The average Bonchev–Trinajstić information content (AvgIpc) is 2.76. The topological polar surface area (TPSA) is 39.2 Å². The van der Waals surface area contributed by atoms with Crippen LogP contribution in [0, 0.1) is 11.6 Å². The lowest BCUT2D eigenvalue weighted by atomic mass is 10.3. The van der Waals surface area contributed by atoms with Crippen LogP contribution in [-0.4, -0.2) is 11.3 Å². The molecule has 0 fully saturated rings. The van der Waals surface area contributed by atoms with Gasteiger partial charge in [-0.15, -0.1) is 11.3 Å². The maximum absolute atomic E-state index is 13.2. The van der Waals surface area contributed by atoms with E-state index < -0.39 is 11.6 Å². The molecule has 0 unspecified atom stereocenters. The zero-order valence-electron chi connectivity index (χ0n) is 8.52. The van der Waals surface area contributed by atoms with Crippen LogP contribution in [0.4, 0.5) is 8.78 Å². The number of nitrogens with zero attached hydrogens (tertiary/aromatic N) is 1. The van der Waals surface area contributed by atoms with Crippen LogP contribution in [0.1, 0.15) is 14.7 Å². The van der Waals surface area contributed by atoms with E-state index in [1.54, 1.807) is 0 Å². The maximum atomic E-state index is 13.2. The Kier molecular flexibility index (Phi) is 3.43. The molecule has 0 aliphatic heterocycles. The van der Waals surface area contributed by atoms with E-state index in [-0.39, 0.29) is 12.4 Å². The summed E-state index contributed by atoms with van der Waals surface area (Å²) >= 11 is 1.16. The van der Waals surface area contributed by atoms with Gasteiger partial charge < -0.3 is 4.74 Å². The van der Waals surface area contributed by atoms with Gasteiger partial charge in [-0.05, 0) is 12.1 Å². The molecule has 0 N–H and O–H groups in total. The molecule has 0 spiro atoms. The Morgan fingerprint density at radius 2 is 2.24 bits per heavy atom. The SMILES string of the molecule is O=Cc1cnc(COc2ccc(F)cc2F)s1. The molecular formula is C11H7F2NO2S. The molecule has 0 aliphatic rings. The molecule has 0 bridgehead atoms. The molecule has 1 aromatic heterocycles. The first-order chi connectivity index (χ1) is 8.19. The number of aldehydes is 1. The number of thiazole rings is 1. The molecule has 0 amide bonds. The van der Waals surface area contributed by atoms with Crippen molar-refractivity contribution in [2.45, 2.75) is 6.61 Å². The largest absolute Gasteiger partial charge is 0.483 e. The van der Waals surface area contributed by atoms with Crippen molar-refractivity contribution in [1.82, 2.24) is 4.98 Å². The second-order valence-corrected chi connectivity index (χ2v) is 4.28. The van der Waals surface area contributed by atoms with E-state index in [1.807, 2.05) is 0 Å². The highest BCUT2D eigenvalue weighted by molar-refractivity contribution is 7.13. The highest BCUT2D eigenvalue weighted by atomic mass is 32.1. The fourth-order valence-corrected chi connectivity index (χ4v) is 1.83. The minimum atomic E-state index is -0.767. The van der Waals surface area contributed by atoms with E-state index in [9.17, 15) is 13.6 Å². The minimum absolute atomic E-state index is 0.0427. The van der Waals surface area contributed by atoms with E-state index >= 15 is 0 Å². The molecule has 0 radical (unpaired) electrons. The Morgan fingerprint density at radius 3 is 2.88 bits per heavy atom. The molecule has 0 saturated heterocycles. The first-order valence-electron chi connectivity index (χ1n) is 4.67. The predicted molar refractivity (Wildman–Crippen MR) is 58.2 cm³/mol. The number of carbonyl (C=O) groups is 1. The first kappa shape index (κ1) is 11.7. The van der Waals surface area contributed by atoms with E-state index in [1.165, 1.54) is 12.3 Å². The molecule has 1 heterocycles. The van der Waals surface area contributed by atoms with Gasteiger partial charge in [-0.1, -0.05) is 0 Å². The molecule has 3 nitrogen and oxygen atoms in total. The quantitative estimate of drug-likeness (QED) is 0.788. The van der Waals surface area contributed by atoms with E-state index in [0.29, 0.717) is 16.2 Å². The molecule has 0 atom stereocenters. The molecule has 17 heavy (non-hydrogen) atoms. The summed E-state index contributed by atoms with van der Waals surface area (Å²) in [6, 6.07) is 3.06. The third kappa shape index (κ3) is 2.85. The zero-order valence-corrected chi connectivity index (χ0v) is 9.34. The monoisotopic (exact) mass is 255 g/mol. The van der Waals surface area contributed by atoms with Crippen LogP contribution >= 0.6 is 11.3 Å². The summed E-state index contributed by atoms with van der Waals surface area (Å²) in [5.41, 5.74) is 0. The van der Waals surface area contributed by atoms with Gasteiger partial charge in [-0.2, -0.15) is 0 Å². The Labute approximate surface area is 99.7 Å². The van der Waals surface area contributed by atoms with Crippen LogP contribution in [0.15, 0.2) is 24.4 Å². The number of halogens is 2. The van der Waals surface area contributed by atoms with Gasteiger partial charge in [0.25, 0.3) is 0 Å². The van der Waals surface area contributed by atoms with Crippen molar-refractivity contribution in [2.24, 2.45) is 0 Å². The summed E-state index contributed by atoms with van der Waals surface area (Å²) in [7, 11) is 0. The van der Waals surface area contributed by atoms with E-state index in [0.717, 1.165) is 23.5 Å². The maximum Gasteiger partial charge on any atom is 0.167 e. The second-order valence-electron chi connectivity index (χ2n) is 3.14. The number of ether oxygens (including phenoxy) is 1. The number of benzene rings is 1. The van der Waals surface area contributed by atoms with Gasteiger partial charge in [0, 0.05) is 12.3 Å². The summed E-state index contributed by atoms with van der Waals surface area (Å²) in [4.78, 5) is 14.8. The van der Waals surface area contributed by atoms with E-state index in [4.69, 9.17) is 4.74 Å². The average molecular weight is 255 g/mol. The summed E-state index contributed by atoms with van der Waals surface area (Å²) in [5, 5.41) is 0.552. The molecule has 0 aliphatic carbocycles. The van der Waals surface area contributed by atoms with Crippen LogP contribution in [0.5, 0.6) is 5.75 Å². The van der Waals surface area contributed by atoms with Gasteiger partial charge in [0.15, 0.2) is 17.9 Å². The fourth-order valence-electron chi connectivity index (χ4n) is 1.18. The lowest BCUT2D eigenvalue weighted by Crippen LogP contribution is -1.97. The van der Waals surface area contributed by atoms with Crippen LogP contribution in [0.25, 0.3) is 0 Å². The fraction of sp³-hybridized carbons (Fsp3) is 0.0909. The molecule has 1 aromatic carbocycles. The lowest BCUT2D eigenvalue weighted by molar-refractivity contribution is 0.112. The highest BCUT2D eigenvalue weighted by Gasteiger charge is 2.07. The van der Waals surface area contributed by atoms with Crippen molar-refractivity contribution in [3.63, 3.8) is 0 Å². The summed E-state index contributed by atoms with van der Waals surface area (Å²) in [5.74, 6) is -1.47. The van der Waals surface area contributed by atoms with Crippen LogP contribution in [-0.2, 0) is 6.61 Å². The normalized spacial score (nSPS) is 10.2. The highest BCUT2D eigenvalue weighted by Crippen LogP contribution is 2.20. The summed E-state index contributed by atoms with van der Waals surface area (Å²) < 4.78 is 30.9. The summed E-state index contributed by atoms with van der Waals surface area (Å²) in [6.07, 6.45) is 2.09. The Morgan fingerprint density at radius 1 is 1.41 bits per heavy atom. The number of hydrogen-bond acceptors (Lipinski definition) is 4. The number of carbonyl (C=O) groups excluding carboxylic acids is 1. The second kappa shape index (κ2) is 5.01. The van der Waals surface area contributed by atoms with E-state index in [2.05, 4.69) is 4.98 Å². The van der Waals surface area contributed by atoms with Crippen molar-refractivity contribution in [3.05, 3.63) is 45.9 Å². The third-order valence-electron chi connectivity index (χ3n) is 1.93. The minimum Gasteiger partial charge on any atom is -0.483 e. The van der Waals surface area contributed by atoms with Gasteiger partial charge in [0.1, 0.15) is 17.4 Å². The molecule has 0 saturated carbocycles. The molecule has 2 rings (SSSR count). The third-order valence-corrected chi connectivity index (χ3v) is 2.83. The van der Waals surface area contributed by atoms with Crippen molar-refractivity contribution in [2.75, 3.05) is 0 Å². The van der Waals surface area contributed by atoms with Crippen LogP contribution < -0.4 is 4.74 Å². The van der Waals surface area contributed by atoms with Gasteiger partial charge >= 0.3 is 0 Å². The van der Waals surface area contributed by atoms with Gasteiger partial charge in [0.2, 0.25) is 0 Å². The lowest BCUT2D eigenvalue weighted by Gasteiger charge is -2.04.